The summed E-state index contributed by atoms with van der Waals surface area (Å²) in [5, 5.41) is 0.204. The van der Waals surface area contributed by atoms with Gasteiger partial charge < -0.3 is 4.90 Å². The van der Waals surface area contributed by atoms with E-state index in [0.29, 0.717) is 5.56 Å². The van der Waals surface area contributed by atoms with E-state index in [1.165, 1.54) is 6.33 Å². The molecule has 1 rings (SSSR count). The number of alkyl halides is 3. The molecule has 0 aliphatic carbocycles. The summed E-state index contributed by atoms with van der Waals surface area (Å²) in [4.78, 5) is 8.92. The lowest BCUT2D eigenvalue weighted by molar-refractivity contribution is -0.119. The van der Waals surface area contributed by atoms with Crippen LogP contribution in [-0.2, 0) is 0 Å². The van der Waals surface area contributed by atoms with Crippen molar-refractivity contribution in [3.63, 3.8) is 0 Å². The van der Waals surface area contributed by atoms with Gasteiger partial charge in [-0.05, 0) is 12.8 Å². The second-order valence-electron chi connectivity index (χ2n) is 4.19. The van der Waals surface area contributed by atoms with Gasteiger partial charge in [-0.2, -0.15) is 13.2 Å². The van der Waals surface area contributed by atoms with Gasteiger partial charge in [-0.25, -0.2) is 9.97 Å². The van der Waals surface area contributed by atoms with Gasteiger partial charge in [0.25, 0.3) is 0 Å². The molecular weight excluding hydrogens is 267 g/mol. The van der Waals surface area contributed by atoms with Gasteiger partial charge in [-0.15, -0.1) is 0 Å². The average Bonchev–Trinajstić information content (AvgIpc) is 2.23. The van der Waals surface area contributed by atoms with Crippen molar-refractivity contribution in [3.05, 3.63) is 17.0 Å². The largest absolute Gasteiger partial charge is 0.405 e. The number of halogens is 4. The maximum Gasteiger partial charge on any atom is 0.405 e. The highest BCUT2D eigenvalue weighted by Gasteiger charge is 2.32. The van der Waals surface area contributed by atoms with Crippen molar-refractivity contribution in [2.45, 2.75) is 32.9 Å². The summed E-state index contributed by atoms with van der Waals surface area (Å²) in [5.74, 6) is 0.209. The summed E-state index contributed by atoms with van der Waals surface area (Å²) in [6.45, 7) is 4.49. The summed E-state index contributed by atoms with van der Waals surface area (Å²) >= 11 is 5.94. The van der Waals surface area contributed by atoms with Crippen LogP contribution in [0.5, 0.6) is 0 Å². The predicted molar refractivity (Wildman–Crippen MR) is 65.1 cm³/mol. The molecule has 1 aromatic heterocycles. The predicted octanol–water partition coefficient (Wildman–Crippen LogP) is 3.64. The van der Waals surface area contributed by atoms with Gasteiger partial charge >= 0.3 is 6.18 Å². The Bertz CT molecular complexity index is 407. The molecule has 0 saturated heterocycles. The minimum atomic E-state index is -4.28. The van der Waals surface area contributed by atoms with Crippen LogP contribution in [0.3, 0.4) is 0 Å². The molecule has 0 spiro atoms. The maximum atomic E-state index is 12.5. The van der Waals surface area contributed by atoms with Crippen LogP contribution in [0.2, 0.25) is 5.15 Å². The molecular formula is C11H15ClF3N3. The van der Waals surface area contributed by atoms with E-state index in [4.69, 9.17) is 11.6 Å². The Morgan fingerprint density at radius 1 is 1.33 bits per heavy atom. The molecule has 102 valence electrons. The van der Waals surface area contributed by atoms with Crippen LogP contribution in [0, 0.1) is 0 Å². The van der Waals surface area contributed by atoms with Crippen molar-refractivity contribution in [2.75, 3.05) is 18.0 Å². The first kappa shape index (κ1) is 15.0. The van der Waals surface area contributed by atoms with Gasteiger partial charge in [-0.3, -0.25) is 0 Å². The molecule has 0 unspecified atom stereocenters. The van der Waals surface area contributed by atoms with Crippen LogP contribution in [0.1, 0.15) is 32.3 Å². The van der Waals surface area contributed by atoms with Crippen molar-refractivity contribution in [1.29, 1.82) is 0 Å². The minimum Gasteiger partial charge on any atom is -0.347 e. The Morgan fingerprint density at radius 2 is 1.94 bits per heavy atom. The molecule has 7 heteroatoms. The number of nitrogens with zero attached hydrogens (tertiary/aromatic N) is 3. The third kappa shape index (κ3) is 3.73. The second-order valence-corrected chi connectivity index (χ2v) is 4.54. The number of hydrogen-bond donors (Lipinski definition) is 0. The lowest BCUT2D eigenvalue weighted by atomic mass is 10.1. The molecule has 0 amide bonds. The Balaban J connectivity index is 3.17. The fourth-order valence-electron chi connectivity index (χ4n) is 1.67. The topological polar surface area (TPSA) is 29.0 Å². The van der Waals surface area contributed by atoms with Crippen LogP contribution in [-0.4, -0.2) is 29.2 Å². The lowest BCUT2D eigenvalue weighted by Gasteiger charge is -2.26. The molecule has 1 aromatic rings. The van der Waals surface area contributed by atoms with Crippen molar-refractivity contribution in [1.82, 2.24) is 9.97 Å². The fraction of sp³-hybridized carbons (Fsp3) is 0.636. The van der Waals surface area contributed by atoms with Gasteiger partial charge in [0.15, 0.2) is 0 Å². The number of aromatic nitrogens is 2. The summed E-state index contributed by atoms with van der Waals surface area (Å²) < 4.78 is 37.5. The molecule has 0 aliphatic rings. The Labute approximate surface area is 109 Å². The number of hydrogen-bond acceptors (Lipinski definition) is 3. The Kier molecular flexibility index (Phi) is 4.78. The highest BCUT2D eigenvalue weighted by Crippen LogP contribution is 2.31. The summed E-state index contributed by atoms with van der Waals surface area (Å²) in [7, 11) is 0. The monoisotopic (exact) mass is 281 g/mol. The van der Waals surface area contributed by atoms with Crippen LogP contribution in [0.25, 0.3) is 0 Å². The molecule has 0 N–H and O–H groups in total. The van der Waals surface area contributed by atoms with E-state index in [9.17, 15) is 13.2 Å². The number of anilines is 1. The van der Waals surface area contributed by atoms with E-state index in [1.54, 1.807) is 6.92 Å². The van der Waals surface area contributed by atoms with Crippen LogP contribution in [0.4, 0.5) is 19.0 Å². The molecule has 0 aromatic carbocycles. The van der Waals surface area contributed by atoms with Crippen molar-refractivity contribution in [2.24, 2.45) is 0 Å². The molecule has 0 atom stereocenters. The first-order valence-corrected chi connectivity index (χ1v) is 5.96. The summed E-state index contributed by atoms with van der Waals surface area (Å²) in [5.41, 5.74) is 0.547. The smallest absolute Gasteiger partial charge is 0.347 e. The average molecular weight is 282 g/mol. The zero-order chi connectivity index (χ0) is 13.9. The third-order valence-electron chi connectivity index (χ3n) is 2.44. The van der Waals surface area contributed by atoms with Crippen LogP contribution >= 0.6 is 11.6 Å². The van der Waals surface area contributed by atoms with E-state index in [1.807, 2.05) is 13.8 Å². The molecule has 0 bridgehead atoms. The fourth-order valence-corrected chi connectivity index (χ4v) is 2.01. The van der Waals surface area contributed by atoms with Gasteiger partial charge in [0.1, 0.15) is 23.8 Å². The van der Waals surface area contributed by atoms with E-state index in [0.717, 1.165) is 4.90 Å². The van der Waals surface area contributed by atoms with Gasteiger partial charge in [0, 0.05) is 12.1 Å². The summed E-state index contributed by atoms with van der Waals surface area (Å²) in [6.07, 6.45) is -3.09. The SMILES string of the molecule is CCN(CC(F)(F)F)c1ncnc(Cl)c1C(C)C. The second kappa shape index (κ2) is 5.73. The highest BCUT2D eigenvalue weighted by molar-refractivity contribution is 6.30. The maximum absolute atomic E-state index is 12.5. The van der Waals surface area contributed by atoms with Gasteiger partial charge in [0.2, 0.25) is 0 Å². The first-order valence-electron chi connectivity index (χ1n) is 5.58. The molecule has 0 saturated carbocycles. The van der Waals surface area contributed by atoms with E-state index >= 15 is 0 Å². The number of rotatable bonds is 4. The molecule has 0 fully saturated rings. The highest BCUT2D eigenvalue weighted by atomic mass is 35.5. The standard InChI is InChI=1S/C11H15ClF3N3/c1-4-18(5-11(13,14)15)10-8(7(2)3)9(12)16-6-17-10/h6-7H,4-5H2,1-3H3. The Morgan fingerprint density at radius 3 is 2.39 bits per heavy atom. The van der Waals surface area contributed by atoms with Crippen LogP contribution < -0.4 is 4.90 Å². The quantitative estimate of drug-likeness (QED) is 0.789. The molecule has 1 heterocycles. The molecule has 0 aliphatic heterocycles. The zero-order valence-electron chi connectivity index (χ0n) is 10.4. The van der Waals surface area contributed by atoms with E-state index < -0.39 is 12.7 Å². The van der Waals surface area contributed by atoms with Crippen molar-refractivity contribution >= 4 is 17.4 Å². The molecule has 0 radical (unpaired) electrons. The summed E-state index contributed by atoms with van der Waals surface area (Å²) in [6, 6.07) is 0. The zero-order valence-corrected chi connectivity index (χ0v) is 11.2. The first-order chi connectivity index (χ1) is 8.26. The van der Waals surface area contributed by atoms with Crippen LogP contribution in [0.15, 0.2) is 6.33 Å². The van der Waals surface area contributed by atoms with E-state index in [-0.39, 0.29) is 23.4 Å². The van der Waals surface area contributed by atoms with Gasteiger partial charge in [-0.1, -0.05) is 25.4 Å². The molecule has 18 heavy (non-hydrogen) atoms. The molecule has 3 nitrogen and oxygen atoms in total. The third-order valence-corrected chi connectivity index (χ3v) is 2.74. The van der Waals surface area contributed by atoms with Gasteiger partial charge in [0.05, 0.1) is 0 Å². The normalized spacial score (nSPS) is 12.0. The van der Waals surface area contributed by atoms with E-state index in [2.05, 4.69) is 9.97 Å². The lowest BCUT2D eigenvalue weighted by Crippen LogP contribution is -2.35. The van der Waals surface area contributed by atoms with Crippen molar-refractivity contribution in [3.8, 4) is 0 Å². The minimum absolute atomic E-state index is 0.0454. The van der Waals surface area contributed by atoms with Crippen molar-refractivity contribution < 1.29 is 13.2 Å². The Hall–Kier alpha value is -1.04.